The second-order valence-corrected chi connectivity index (χ2v) is 6.16. The van der Waals surface area contributed by atoms with E-state index in [2.05, 4.69) is 16.5 Å². The molecule has 24 heavy (non-hydrogen) atoms. The molecule has 0 amide bonds. The first-order chi connectivity index (χ1) is 11.7. The number of hydrogen-bond acceptors (Lipinski definition) is 3. The summed E-state index contributed by atoms with van der Waals surface area (Å²) in [6.07, 6.45) is 1.80. The number of aromatic nitrogens is 4. The standard InChI is InChI=1S/C18H12Cl2N4/c1-2-9-24-17(12-8-7-11(19)10-13(12)20)23-16-18(24)22-15-6-4-3-5-14(15)21-16/h2-8,10H,1,9H2. The molecule has 0 radical (unpaired) electrons. The highest BCUT2D eigenvalue weighted by molar-refractivity contribution is 6.36. The number of allylic oxidation sites excluding steroid dienone is 1. The van der Waals surface area contributed by atoms with Gasteiger partial charge in [-0.15, -0.1) is 6.58 Å². The minimum atomic E-state index is 0.535. The Morgan fingerprint density at radius 2 is 1.75 bits per heavy atom. The minimum absolute atomic E-state index is 0.535. The average Bonchev–Trinajstić information content (AvgIpc) is 2.91. The number of fused-ring (bicyclic) bond motifs is 2. The predicted octanol–water partition coefficient (Wildman–Crippen LogP) is 5.14. The first-order valence-corrected chi connectivity index (χ1v) is 8.12. The van der Waals surface area contributed by atoms with Gasteiger partial charge in [-0.2, -0.15) is 0 Å². The molecule has 0 spiro atoms. The first kappa shape index (κ1) is 15.1. The summed E-state index contributed by atoms with van der Waals surface area (Å²) in [4.78, 5) is 14.0. The number of nitrogens with zero attached hydrogens (tertiary/aromatic N) is 4. The van der Waals surface area contributed by atoms with Crippen molar-refractivity contribution < 1.29 is 0 Å². The van der Waals surface area contributed by atoms with E-state index in [1.165, 1.54) is 0 Å². The van der Waals surface area contributed by atoms with Gasteiger partial charge in [0.25, 0.3) is 0 Å². The Kier molecular flexibility index (Phi) is 3.71. The van der Waals surface area contributed by atoms with Crippen molar-refractivity contribution in [2.75, 3.05) is 0 Å². The zero-order valence-electron chi connectivity index (χ0n) is 12.6. The maximum absolute atomic E-state index is 6.36. The third-order valence-corrected chi connectivity index (χ3v) is 4.29. The summed E-state index contributed by atoms with van der Waals surface area (Å²) in [6, 6.07) is 13.1. The lowest BCUT2D eigenvalue weighted by Gasteiger charge is -2.07. The van der Waals surface area contributed by atoms with Crippen molar-refractivity contribution >= 4 is 45.5 Å². The second kappa shape index (κ2) is 5.89. The first-order valence-electron chi connectivity index (χ1n) is 7.36. The van der Waals surface area contributed by atoms with Crippen LogP contribution in [-0.4, -0.2) is 19.5 Å². The minimum Gasteiger partial charge on any atom is -0.303 e. The van der Waals surface area contributed by atoms with E-state index in [0.717, 1.165) is 16.6 Å². The van der Waals surface area contributed by atoms with Crippen LogP contribution in [0.25, 0.3) is 33.7 Å². The van der Waals surface area contributed by atoms with E-state index in [1.807, 2.05) is 34.9 Å². The van der Waals surface area contributed by atoms with E-state index >= 15 is 0 Å². The van der Waals surface area contributed by atoms with Gasteiger partial charge in [-0.1, -0.05) is 41.4 Å². The van der Waals surface area contributed by atoms with Crippen molar-refractivity contribution in [3.8, 4) is 11.4 Å². The van der Waals surface area contributed by atoms with E-state index in [4.69, 9.17) is 28.2 Å². The summed E-state index contributed by atoms with van der Waals surface area (Å²) < 4.78 is 1.96. The normalized spacial score (nSPS) is 11.2. The molecule has 0 aliphatic rings. The fraction of sp³-hybridized carbons (Fsp3) is 0.0556. The molecule has 2 aromatic heterocycles. The Labute approximate surface area is 148 Å². The maximum Gasteiger partial charge on any atom is 0.198 e. The summed E-state index contributed by atoms with van der Waals surface area (Å²) >= 11 is 12.4. The Bertz CT molecular complexity index is 1090. The predicted molar refractivity (Wildman–Crippen MR) is 98.5 cm³/mol. The van der Waals surface area contributed by atoms with Gasteiger partial charge >= 0.3 is 0 Å². The van der Waals surface area contributed by atoms with Crippen molar-refractivity contribution in [1.82, 2.24) is 19.5 Å². The Morgan fingerprint density at radius 3 is 2.46 bits per heavy atom. The number of hydrogen-bond donors (Lipinski definition) is 0. The molecule has 0 N–H and O–H groups in total. The molecule has 0 saturated heterocycles. The van der Waals surface area contributed by atoms with E-state index < -0.39 is 0 Å². The highest BCUT2D eigenvalue weighted by atomic mass is 35.5. The van der Waals surface area contributed by atoms with Crippen LogP contribution in [0.3, 0.4) is 0 Å². The van der Waals surface area contributed by atoms with Gasteiger partial charge in [-0.25, -0.2) is 15.0 Å². The zero-order valence-corrected chi connectivity index (χ0v) is 14.1. The van der Waals surface area contributed by atoms with Crippen LogP contribution in [0.4, 0.5) is 0 Å². The van der Waals surface area contributed by atoms with Gasteiger partial charge < -0.3 is 4.57 Å². The summed E-state index contributed by atoms with van der Waals surface area (Å²) in [7, 11) is 0. The van der Waals surface area contributed by atoms with Crippen LogP contribution in [-0.2, 0) is 6.54 Å². The van der Waals surface area contributed by atoms with E-state index in [1.54, 1.807) is 18.2 Å². The molecular weight excluding hydrogens is 343 g/mol. The van der Waals surface area contributed by atoms with Crippen molar-refractivity contribution in [2.45, 2.75) is 6.54 Å². The zero-order chi connectivity index (χ0) is 16.7. The number of rotatable bonds is 3. The number of benzene rings is 2. The monoisotopic (exact) mass is 354 g/mol. The van der Waals surface area contributed by atoms with Crippen molar-refractivity contribution in [3.63, 3.8) is 0 Å². The van der Waals surface area contributed by atoms with Gasteiger partial charge in [0.1, 0.15) is 5.82 Å². The topological polar surface area (TPSA) is 43.6 Å². The SMILES string of the molecule is C=CCn1c(-c2ccc(Cl)cc2Cl)nc2nc3ccccc3nc21. The molecule has 0 saturated carbocycles. The van der Waals surface area contributed by atoms with Gasteiger partial charge in [0.2, 0.25) is 0 Å². The molecule has 0 fully saturated rings. The molecule has 4 rings (SSSR count). The van der Waals surface area contributed by atoms with Crippen molar-refractivity contribution in [1.29, 1.82) is 0 Å². The third-order valence-electron chi connectivity index (χ3n) is 3.74. The largest absolute Gasteiger partial charge is 0.303 e. The highest BCUT2D eigenvalue weighted by Gasteiger charge is 2.17. The van der Waals surface area contributed by atoms with Gasteiger partial charge in [-0.05, 0) is 30.3 Å². The lowest BCUT2D eigenvalue weighted by molar-refractivity contribution is 0.851. The van der Waals surface area contributed by atoms with Gasteiger partial charge in [0.05, 0.1) is 16.1 Å². The molecule has 0 aliphatic heterocycles. The molecule has 0 atom stereocenters. The summed E-state index contributed by atoms with van der Waals surface area (Å²) in [6.45, 7) is 4.38. The molecule has 2 aromatic carbocycles. The van der Waals surface area contributed by atoms with Crippen molar-refractivity contribution in [2.24, 2.45) is 0 Å². The van der Waals surface area contributed by atoms with Gasteiger partial charge in [0.15, 0.2) is 11.3 Å². The Balaban J connectivity index is 2.05. The van der Waals surface area contributed by atoms with Crippen LogP contribution in [0.5, 0.6) is 0 Å². The third kappa shape index (κ3) is 2.44. The molecule has 2 heterocycles. The van der Waals surface area contributed by atoms with Crippen LogP contribution in [0, 0.1) is 0 Å². The average molecular weight is 355 g/mol. The molecule has 0 unspecified atom stereocenters. The highest BCUT2D eigenvalue weighted by Crippen LogP contribution is 2.32. The fourth-order valence-electron chi connectivity index (χ4n) is 2.68. The Morgan fingerprint density at radius 1 is 1.00 bits per heavy atom. The summed E-state index contributed by atoms with van der Waals surface area (Å²) in [5.41, 5.74) is 3.70. The molecule has 0 bridgehead atoms. The lowest BCUT2D eigenvalue weighted by Crippen LogP contribution is -2.00. The fourth-order valence-corrected chi connectivity index (χ4v) is 3.17. The molecule has 0 aliphatic carbocycles. The Hall–Kier alpha value is -2.43. The number of imidazole rings is 1. The van der Waals surface area contributed by atoms with Crippen LogP contribution in [0.1, 0.15) is 0 Å². The molecule has 4 aromatic rings. The molecule has 4 nitrogen and oxygen atoms in total. The smallest absolute Gasteiger partial charge is 0.198 e. The number of para-hydroxylation sites is 2. The maximum atomic E-state index is 6.36. The van der Waals surface area contributed by atoms with Crippen LogP contribution in [0.15, 0.2) is 55.1 Å². The molecule has 6 heteroatoms. The van der Waals surface area contributed by atoms with E-state index in [9.17, 15) is 0 Å². The molecular formula is C18H12Cl2N4. The second-order valence-electron chi connectivity index (χ2n) is 5.32. The summed E-state index contributed by atoms with van der Waals surface area (Å²) in [5.74, 6) is 0.696. The van der Waals surface area contributed by atoms with E-state index in [-0.39, 0.29) is 0 Å². The quantitative estimate of drug-likeness (QED) is 0.478. The lowest BCUT2D eigenvalue weighted by atomic mass is 10.2. The van der Waals surface area contributed by atoms with Crippen LogP contribution >= 0.6 is 23.2 Å². The molecule has 118 valence electrons. The number of halogens is 2. The summed E-state index contributed by atoms with van der Waals surface area (Å²) in [5, 5.41) is 1.12. The van der Waals surface area contributed by atoms with Crippen molar-refractivity contribution in [3.05, 3.63) is 65.2 Å². The van der Waals surface area contributed by atoms with Gasteiger partial charge in [0, 0.05) is 17.1 Å². The van der Waals surface area contributed by atoms with Crippen LogP contribution < -0.4 is 0 Å². The van der Waals surface area contributed by atoms with Gasteiger partial charge in [-0.3, -0.25) is 0 Å². The van der Waals surface area contributed by atoms with Crippen LogP contribution in [0.2, 0.25) is 10.0 Å². The van der Waals surface area contributed by atoms with E-state index in [0.29, 0.717) is 33.7 Å².